The van der Waals surface area contributed by atoms with E-state index in [4.69, 9.17) is 5.11 Å². The van der Waals surface area contributed by atoms with E-state index >= 15 is 0 Å². The zero-order chi connectivity index (χ0) is 17.0. The molecule has 23 heavy (non-hydrogen) atoms. The largest absolute Gasteiger partial charge is 0.478 e. The number of aromatic carboxylic acids is 1. The molecule has 2 aromatic carbocycles. The van der Waals surface area contributed by atoms with Crippen LogP contribution in [0.5, 0.6) is 0 Å². The van der Waals surface area contributed by atoms with Crippen molar-refractivity contribution < 1.29 is 23.1 Å². The van der Waals surface area contributed by atoms with E-state index in [1.807, 2.05) is 0 Å². The number of carboxylic acid groups (broad SMARTS) is 1. The Morgan fingerprint density at radius 2 is 1.43 bits per heavy atom. The highest BCUT2D eigenvalue weighted by Crippen LogP contribution is 2.33. The molecule has 0 saturated carbocycles. The quantitative estimate of drug-likeness (QED) is 0.648. The molecule has 4 nitrogen and oxygen atoms in total. The van der Waals surface area contributed by atoms with Crippen LogP contribution in [0.3, 0.4) is 0 Å². The second-order valence-electron chi connectivity index (χ2n) is 4.68. The summed E-state index contributed by atoms with van der Waals surface area (Å²) in [5.74, 6) is -5.00. The van der Waals surface area contributed by atoms with Gasteiger partial charge in [0.25, 0.3) is 0 Å². The topological polar surface area (TPSA) is 62.0 Å². The molecular weight excluding hydrogens is 308 g/mol. The van der Waals surface area contributed by atoms with Crippen molar-refractivity contribution in [2.24, 2.45) is 10.2 Å². The Balaban J connectivity index is 2.10. The van der Waals surface area contributed by atoms with Gasteiger partial charge in [0.15, 0.2) is 14.0 Å². The van der Waals surface area contributed by atoms with Gasteiger partial charge in [-0.1, -0.05) is 12.1 Å². The van der Waals surface area contributed by atoms with Crippen LogP contribution >= 0.6 is 0 Å². The average molecular weight is 318 g/mol. The van der Waals surface area contributed by atoms with Crippen LogP contribution in [0.4, 0.5) is 24.5 Å². The molecule has 0 heterocycles. The lowest BCUT2D eigenvalue weighted by Gasteiger charge is -2.16. The Bertz CT molecular complexity index is 713. The summed E-state index contributed by atoms with van der Waals surface area (Å²) >= 11 is 0. The average Bonchev–Trinajstić information content (AvgIpc) is 2.52. The maximum absolute atomic E-state index is 13.4. The van der Waals surface area contributed by atoms with Gasteiger partial charge in [0.05, 0.1) is 16.9 Å². The summed E-state index contributed by atoms with van der Waals surface area (Å²) in [5, 5.41) is 16.5. The van der Waals surface area contributed by atoms with Crippen LogP contribution in [0.15, 0.2) is 58.8 Å². The van der Waals surface area contributed by atoms with Gasteiger partial charge in [0.1, 0.15) is 0 Å². The summed E-state index contributed by atoms with van der Waals surface area (Å²) in [6.45, 7) is 0. The molecule has 0 aromatic heterocycles. The highest BCUT2D eigenvalue weighted by molar-refractivity contribution is 6.13. The molecule has 2 rings (SSSR count). The number of carbonyl (C=O) groups is 1. The first kappa shape index (κ1) is 16.7. The number of hydrogen-bond acceptors (Lipinski definition) is 3. The molecule has 0 saturated heterocycles. The van der Waals surface area contributed by atoms with Gasteiger partial charge >= 0.3 is 5.97 Å². The van der Waals surface area contributed by atoms with Gasteiger partial charge in [-0.2, -0.15) is 10.2 Å². The molecule has 116 valence electrons. The molecule has 0 aliphatic heterocycles. The van der Waals surface area contributed by atoms with Crippen LogP contribution in [-0.4, -0.2) is 24.7 Å². The highest BCUT2D eigenvalue weighted by Gasteiger charge is 2.34. The summed E-state index contributed by atoms with van der Waals surface area (Å²) in [4.78, 5) is 10.7. The predicted molar refractivity (Wildman–Crippen MR) is 78.6 cm³/mol. The standard InChI is InChI=1S/C15H10BF3N2O2/c16-15(18,19)13(17)9-1-5-11(6-2-9)20-21-12-7-3-10(4-8-12)14(22)23/h1-8,13H,(H,22,23). The van der Waals surface area contributed by atoms with Crippen LogP contribution in [-0.2, 0) is 0 Å². The van der Waals surface area contributed by atoms with E-state index in [0.717, 1.165) is 12.1 Å². The molecule has 1 atom stereocenters. The molecule has 1 unspecified atom stereocenters. The smallest absolute Gasteiger partial charge is 0.335 e. The van der Waals surface area contributed by atoms with Crippen molar-refractivity contribution in [2.45, 2.75) is 12.0 Å². The van der Waals surface area contributed by atoms with Gasteiger partial charge < -0.3 is 5.11 Å². The Labute approximate surface area is 131 Å². The van der Waals surface area contributed by atoms with Crippen molar-refractivity contribution in [3.05, 3.63) is 59.7 Å². The number of azo groups is 1. The van der Waals surface area contributed by atoms with Crippen LogP contribution in [0.25, 0.3) is 0 Å². The molecule has 0 fully saturated rings. The normalized spacial score (nSPS) is 13.2. The van der Waals surface area contributed by atoms with Crippen molar-refractivity contribution in [1.82, 2.24) is 0 Å². The fraction of sp³-hybridized carbons (Fsp3) is 0.133. The van der Waals surface area contributed by atoms with Gasteiger partial charge in [-0.05, 0) is 42.0 Å². The highest BCUT2D eigenvalue weighted by atomic mass is 19.3. The third-order valence-electron chi connectivity index (χ3n) is 2.92. The number of nitrogens with zero attached hydrogens (tertiary/aromatic N) is 2. The summed E-state index contributed by atoms with van der Waals surface area (Å²) in [5.41, 5.74) is 0.590. The summed E-state index contributed by atoms with van der Waals surface area (Å²) in [6.07, 6.45) is -2.60. The Morgan fingerprint density at radius 1 is 1.00 bits per heavy atom. The van der Waals surface area contributed by atoms with E-state index in [1.165, 1.54) is 36.4 Å². The molecular formula is C15H10BF3N2O2. The van der Waals surface area contributed by atoms with Gasteiger partial charge in [0, 0.05) is 0 Å². The molecule has 8 heteroatoms. The molecule has 0 spiro atoms. The number of hydrogen-bond donors (Lipinski definition) is 1. The number of alkyl halides is 3. The van der Waals surface area contributed by atoms with E-state index < -0.39 is 18.0 Å². The molecule has 0 aliphatic rings. The van der Waals surface area contributed by atoms with Crippen molar-refractivity contribution in [3.8, 4) is 0 Å². The SMILES string of the molecule is [B]C(F)(F)C(F)c1ccc(N=Nc2ccc(C(=O)O)cc2)cc1. The number of halogens is 3. The monoisotopic (exact) mass is 318 g/mol. The fourth-order valence-electron chi connectivity index (χ4n) is 1.72. The molecule has 2 aromatic rings. The predicted octanol–water partition coefficient (Wildman–Crippen LogP) is 4.57. The Kier molecular flexibility index (Phi) is 4.83. The fourth-order valence-corrected chi connectivity index (χ4v) is 1.72. The lowest BCUT2D eigenvalue weighted by molar-refractivity contribution is 0.00486. The van der Waals surface area contributed by atoms with Crippen LogP contribution in [0, 0.1) is 0 Å². The van der Waals surface area contributed by atoms with Crippen molar-refractivity contribution >= 4 is 25.2 Å². The number of carboxylic acids is 1. The van der Waals surface area contributed by atoms with E-state index in [2.05, 4.69) is 18.1 Å². The second-order valence-corrected chi connectivity index (χ2v) is 4.68. The van der Waals surface area contributed by atoms with Crippen LogP contribution in [0.2, 0.25) is 0 Å². The molecule has 1 N–H and O–H groups in total. The first-order valence-electron chi connectivity index (χ1n) is 6.43. The lowest BCUT2D eigenvalue weighted by atomic mass is 9.90. The van der Waals surface area contributed by atoms with Crippen molar-refractivity contribution in [2.75, 3.05) is 0 Å². The number of rotatable bonds is 5. The zero-order valence-electron chi connectivity index (χ0n) is 11.7. The van der Waals surface area contributed by atoms with Crippen molar-refractivity contribution in [3.63, 3.8) is 0 Å². The van der Waals surface area contributed by atoms with E-state index in [9.17, 15) is 18.0 Å². The minimum absolute atomic E-state index is 0.116. The third-order valence-corrected chi connectivity index (χ3v) is 2.92. The Morgan fingerprint density at radius 3 is 1.83 bits per heavy atom. The van der Waals surface area contributed by atoms with Crippen LogP contribution in [0.1, 0.15) is 22.1 Å². The van der Waals surface area contributed by atoms with Gasteiger partial charge in [-0.3, -0.25) is 0 Å². The molecule has 0 bridgehead atoms. The van der Waals surface area contributed by atoms with Gasteiger partial charge in [-0.25, -0.2) is 18.0 Å². The maximum Gasteiger partial charge on any atom is 0.335 e. The zero-order valence-corrected chi connectivity index (χ0v) is 11.7. The minimum Gasteiger partial charge on any atom is -0.478 e. The molecule has 2 radical (unpaired) electrons. The second kappa shape index (κ2) is 6.64. The van der Waals surface area contributed by atoms with Gasteiger partial charge in [0.2, 0.25) is 5.82 Å². The molecule has 0 amide bonds. The maximum atomic E-state index is 13.4. The van der Waals surface area contributed by atoms with E-state index in [1.54, 1.807) is 0 Å². The van der Waals surface area contributed by atoms with Crippen molar-refractivity contribution in [1.29, 1.82) is 0 Å². The van der Waals surface area contributed by atoms with Crippen LogP contribution < -0.4 is 0 Å². The third kappa shape index (κ3) is 4.42. The van der Waals surface area contributed by atoms with E-state index in [-0.39, 0.29) is 11.1 Å². The summed E-state index contributed by atoms with van der Waals surface area (Å²) in [6, 6.07) is 10.6. The summed E-state index contributed by atoms with van der Waals surface area (Å²) < 4.78 is 38.7. The lowest BCUT2D eigenvalue weighted by Crippen LogP contribution is -2.23. The first-order valence-corrected chi connectivity index (χ1v) is 6.43. The minimum atomic E-state index is -3.95. The van der Waals surface area contributed by atoms with Gasteiger partial charge in [-0.15, -0.1) is 0 Å². The van der Waals surface area contributed by atoms with E-state index in [0.29, 0.717) is 11.4 Å². The first-order chi connectivity index (χ1) is 10.8. The molecule has 0 aliphatic carbocycles. The Hall–Kier alpha value is -2.64. The summed E-state index contributed by atoms with van der Waals surface area (Å²) in [7, 11) is 4.43. The number of benzene rings is 2.